The summed E-state index contributed by atoms with van der Waals surface area (Å²) in [6, 6.07) is 9.78. The van der Waals surface area contributed by atoms with Gasteiger partial charge in [0.25, 0.3) is 5.56 Å². The van der Waals surface area contributed by atoms with Crippen LogP contribution in [0.5, 0.6) is 0 Å². The van der Waals surface area contributed by atoms with Gasteiger partial charge in [0.1, 0.15) is 5.25 Å². The Kier molecular flexibility index (Phi) is 6.82. The number of hydrogen-bond acceptors (Lipinski definition) is 4. The number of unbranched alkanes of at least 4 members (excludes halogenated alkanes) is 1. The molecule has 1 aromatic heterocycles. The standard InChI is InChI=1S/C19H24N2O3S/c1-4-5-11-16(18(23)24)25-19-20-13(2)15(17(22)21(19)3)12-14-9-7-6-8-10-14/h6-10,16H,4-5,11-12H2,1-3H3,(H,23,24)/t16-/m1/s1. The number of carboxylic acid groups (broad SMARTS) is 1. The monoisotopic (exact) mass is 360 g/mol. The summed E-state index contributed by atoms with van der Waals surface area (Å²) in [5.41, 5.74) is 2.25. The number of rotatable bonds is 8. The number of aliphatic carboxylic acids is 1. The van der Waals surface area contributed by atoms with Crippen LogP contribution in [0.1, 0.15) is 43.0 Å². The fraction of sp³-hybridized carbons (Fsp3) is 0.421. The average Bonchev–Trinajstić information content (AvgIpc) is 2.60. The highest BCUT2D eigenvalue weighted by atomic mass is 32.2. The summed E-state index contributed by atoms with van der Waals surface area (Å²) in [5, 5.41) is 9.28. The topological polar surface area (TPSA) is 72.2 Å². The van der Waals surface area contributed by atoms with E-state index in [0.29, 0.717) is 29.3 Å². The van der Waals surface area contributed by atoms with Crippen LogP contribution in [0.4, 0.5) is 0 Å². The van der Waals surface area contributed by atoms with Crippen molar-refractivity contribution in [1.29, 1.82) is 0 Å². The largest absolute Gasteiger partial charge is 0.480 e. The SMILES string of the molecule is CCCC[C@@H](Sc1nc(C)c(Cc2ccccc2)c(=O)n1C)C(=O)O. The Morgan fingerprint density at radius 2 is 2.00 bits per heavy atom. The molecule has 0 bridgehead atoms. The lowest BCUT2D eigenvalue weighted by atomic mass is 10.1. The first-order valence-electron chi connectivity index (χ1n) is 8.44. The summed E-state index contributed by atoms with van der Waals surface area (Å²) in [7, 11) is 1.66. The molecule has 1 heterocycles. The van der Waals surface area contributed by atoms with Crippen molar-refractivity contribution in [3.8, 4) is 0 Å². The lowest BCUT2D eigenvalue weighted by Gasteiger charge is -2.15. The molecule has 0 amide bonds. The Labute approximate surface area is 152 Å². The Morgan fingerprint density at radius 3 is 2.60 bits per heavy atom. The van der Waals surface area contributed by atoms with Crippen molar-refractivity contribution >= 4 is 17.7 Å². The van der Waals surface area contributed by atoms with E-state index in [2.05, 4.69) is 4.98 Å². The molecule has 0 spiro atoms. The first-order valence-corrected chi connectivity index (χ1v) is 9.31. The zero-order valence-corrected chi connectivity index (χ0v) is 15.7. The van der Waals surface area contributed by atoms with Crippen LogP contribution < -0.4 is 5.56 Å². The van der Waals surface area contributed by atoms with Gasteiger partial charge < -0.3 is 5.11 Å². The minimum atomic E-state index is -0.862. The maximum atomic E-state index is 12.7. The lowest BCUT2D eigenvalue weighted by molar-refractivity contribution is -0.136. The van der Waals surface area contributed by atoms with Crippen LogP contribution in [0.3, 0.4) is 0 Å². The molecule has 2 aromatic rings. The van der Waals surface area contributed by atoms with Gasteiger partial charge in [0.05, 0.1) is 0 Å². The summed E-state index contributed by atoms with van der Waals surface area (Å²) in [4.78, 5) is 28.7. The van der Waals surface area contributed by atoms with Crippen molar-refractivity contribution < 1.29 is 9.90 Å². The van der Waals surface area contributed by atoms with E-state index in [1.54, 1.807) is 7.05 Å². The highest BCUT2D eigenvalue weighted by Crippen LogP contribution is 2.25. The number of aryl methyl sites for hydroxylation is 1. The molecule has 6 heteroatoms. The minimum Gasteiger partial charge on any atom is -0.480 e. The molecule has 25 heavy (non-hydrogen) atoms. The first kappa shape index (κ1) is 19.2. The second kappa shape index (κ2) is 8.85. The normalized spacial score (nSPS) is 12.1. The molecule has 1 aromatic carbocycles. The van der Waals surface area contributed by atoms with E-state index in [1.165, 1.54) is 4.57 Å². The minimum absolute atomic E-state index is 0.113. The van der Waals surface area contributed by atoms with Crippen molar-refractivity contribution in [3.05, 3.63) is 57.5 Å². The highest BCUT2D eigenvalue weighted by molar-refractivity contribution is 8.00. The molecule has 0 aliphatic rings. The fourth-order valence-corrected chi connectivity index (χ4v) is 3.66. The molecule has 0 radical (unpaired) electrons. The summed E-state index contributed by atoms with van der Waals surface area (Å²) >= 11 is 1.16. The van der Waals surface area contributed by atoms with Gasteiger partial charge in [-0.3, -0.25) is 14.2 Å². The van der Waals surface area contributed by atoms with Gasteiger partial charge in [0.15, 0.2) is 5.16 Å². The van der Waals surface area contributed by atoms with Crippen molar-refractivity contribution in [3.63, 3.8) is 0 Å². The van der Waals surface area contributed by atoms with Gasteiger partial charge in [-0.25, -0.2) is 4.98 Å². The molecule has 5 nitrogen and oxygen atoms in total. The molecule has 1 atom stereocenters. The maximum Gasteiger partial charge on any atom is 0.317 e. The molecule has 0 unspecified atom stereocenters. The van der Waals surface area contributed by atoms with Crippen molar-refractivity contribution in [2.75, 3.05) is 0 Å². The van der Waals surface area contributed by atoms with Crippen LogP contribution in [0.2, 0.25) is 0 Å². The van der Waals surface area contributed by atoms with Crippen LogP contribution >= 0.6 is 11.8 Å². The fourth-order valence-electron chi connectivity index (χ4n) is 2.59. The predicted molar refractivity (Wildman–Crippen MR) is 100 cm³/mol. The van der Waals surface area contributed by atoms with Crippen molar-refractivity contribution in [2.24, 2.45) is 7.05 Å². The van der Waals surface area contributed by atoms with E-state index in [4.69, 9.17) is 0 Å². The van der Waals surface area contributed by atoms with E-state index in [9.17, 15) is 14.7 Å². The molecule has 134 valence electrons. The van der Waals surface area contributed by atoms with E-state index in [-0.39, 0.29) is 5.56 Å². The Hall–Kier alpha value is -2.08. The number of nitrogens with zero attached hydrogens (tertiary/aromatic N) is 2. The van der Waals surface area contributed by atoms with Gasteiger partial charge in [0.2, 0.25) is 0 Å². The van der Waals surface area contributed by atoms with Gasteiger partial charge in [-0.1, -0.05) is 61.9 Å². The van der Waals surface area contributed by atoms with Crippen molar-refractivity contribution in [1.82, 2.24) is 9.55 Å². The number of hydrogen-bond donors (Lipinski definition) is 1. The van der Waals surface area contributed by atoms with Crippen LogP contribution in [-0.4, -0.2) is 25.9 Å². The van der Waals surface area contributed by atoms with Crippen LogP contribution in [-0.2, 0) is 18.3 Å². The number of thioether (sulfide) groups is 1. The number of benzene rings is 1. The average molecular weight is 360 g/mol. The molecule has 0 saturated heterocycles. The first-order chi connectivity index (χ1) is 11.9. The van der Waals surface area contributed by atoms with Crippen molar-refractivity contribution in [2.45, 2.75) is 49.9 Å². The molecule has 2 rings (SSSR count). The van der Waals surface area contributed by atoms with Crippen LogP contribution in [0.25, 0.3) is 0 Å². The van der Waals surface area contributed by atoms with Gasteiger partial charge >= 0.3 is 5.97 Å². The lowest BCUT2D eigenvalue weighted by Crippen LogP contribution is -2.27. The summed E-state index contributed by atoms with van der Waals surface area (Å²) in [6.45, 7) is 3.84. The van der Waals surface area contributed by atoms with Gasteiger partial charge in [-0.15, -0.1) is 0 Å². The van der Waals surface area contributed by atoms with E-state index in [0.717, 1.165) is 30.2 Å². The highest BCUT2D eigenvalue weighted by Gasteiger charge is 2.22. The zero-order chi connectivity index (χ0) is 18.4. The molecular formula is C19H24N2O3S. The second-order valence-corrected chi connectivity index (χ2v) is 7.24. The summed E-state index contributed by atoms with van der Waals surface area (Å²) in [6.07, 6.45) is 2.86. The molecular weight excluding hydrogens is 336 g/mol. The Balaban J connectivity index is 2.30. The maximum absolute atomic E-state index is 12.7. The molecule has 0 aliphatic heterocycles. The molecule has 1 N–H and O–H groups in total. The van der Waals surface area contributed by atoms with Crippen LogP contribution in [0, 0.1) is 6.92 Å². The van der Waals surface area contributed by atoms with Gasteiger partial charge in [-0.05, 0) is 18.9 Å². The predicted octanol–water partition coefficient (Wildman–Crippen LogP) is 3.42. The smallest absolute Gasteiger partial charge is 0.317 e. The second-order valence-electron chi connectivity index (χ2n) is 6.07. The van der Waals surface area contributed by atoms with Gasteiger partial charge in [-0.2, -0.15) is 0 Å². The molecule has 0 fully saturated rings. The van der Waals surface area contributed by atoms with Crippen LogP contribution in [0.15, 0.2) is 40.3 Å². The van der Waals surface area contributed by atoms with Gasteiger partial charge in [0, 0.05) is 24.7 Å². The third-order valence-corrected chi connectivity index (χ3v) is 5.41. The van der Waals surface area contributed by atoms with E-state index in [1.807, 2.05) is 44.2 Å². The summed E-state index contributed by atoms with van der Waals surface area (Å²) < 4.78 is 1.47. The molecule has 0 saturated carbocycles. The third-order valence-electron chi connectivity index (χ3n) is 4.12. The molecule has 0 aliphatic carbocycles. The number of aromatic nitrogens is 2. The van der Waals surface area contributed by atoms with E-state index >= 15 is 0 Å². The number of carbonyl (C=O) groups is 1. The third kappa shape index (κ3) is 4.95. The summed E-state index contributed by atoms with van der Waals surface area (Å²) in [5.74, 6) is -0.862. The Bertz CT molecular complexity index is 787. The Morgan fingerprint density at radius 1 is 1.32 bits per heavy atom. The quantitative estimate of drug-likeness (QED) is 0.577. The van der Waals surface area contributed by atoms with E-state index < -0.39 is 11.2 Å². The zero-order valence-electron chi connectivity index (χ0n) is 14.9. The number of carboxylic acids is 1.